The van der Waals surface area contributed by atoms with Gasteiger partial charge >= 0.3 is 0 Å². The number of nitrogens with zero attached hydrogens (tertiary/aromatic N) is 3. The highest BCUT2D eigenvalue weighted by Crippen LogP contribution is 2.31. The van der Waals surface area contributed by atoms with Crippen molar-refractivity contribution >= 4 is 22.5 Å². The van der Waals surface area contributed by atoms with Gasteiger partial charge in [0.2, 0.25) is 0 Å². The summed E-state index contributed by atoms with van der Waals surface area (Å²) < 4.78 is 21.0. The smallest absolute Gasteiger partial charge is 0.271 e. The first kappa shape index (κ1) is 19.1. The number of non-ortho nitro benzene ring substituents is 1. The van der Waals surface area contributed by atoms with E-state index in [4.69, 9.17) is 10.5 Å². The molecule has 0 aliphatic heterocycles. The van der Waals surface area contributed by atoms with E-state index in [-0.39, 0.29) is 22.8 Å². The van der Waals surface area contributed by atoms with Gasteiger partial charge in [0.1, 0.15) is 23.1 Å². The number of pyridine rings is 1. The number of halogens is 1. The molecular formula is C21H15FN4O4. The second-order valence-corrected chi connectivity index (χ2v) is 6.48. The lowest BCUT2D eigenvalue weighted by atomic mass is 10.1. The number of amides is 1. The normalized spacial score (nSPS) is 10.9. The van der Waals surface area contributed by atoms with Crippen LogP contribution in [0.1, 0.15) is 10.5 Å². The number of benzene rings is 2. The molecule has 0 unspecified atom stereocenters. The van der Waals surface area contributed by atoms with E-state index in [0.717, 1.165) is 0 Å². The van der Waals surface area contributed by atoms with Crippen molar-refractivity contribution in [3.63, 3.8) is 0 Å². The van der Waals surface area contributed by atoms with E-state index in [1.807, 2.05) is 0 Å². The topological polar surface area (TPSA) is 113 Å². The molecule has 2 N–H and O–H groups in total. The average molecular weight is 406 g/mol. The molecule has 0 saturated carbocycles. The molecule has 0 aliphatic rings. The minimum absolute atomic E-state index is 0.0984. The van der Waals surface area contributed by atoms with Crippen LogP contribution < -0.4 is 10.5 Å². The van der Waals surface area contributed by atoms with Crippen molar-refractivity contribution in [3.8, 4) is 22.7 Å². The van der Waals surface area contributed by atoms with Crippen LogP contribution in [0.2, 0.25) is 0 Å². The summed E-state index contributed by atoms with van der Waals surface area (Å²) in [6.45, 7) is 0. The number of hydrogen-bond acceptors (Lipinski definition) is 5. The van der Waals surface area contributed by atoms with Gasteiger partial charge in [-0.1, -0.05) is 0 Å². The number of nitro groups is 1. The Hall–Kier alpha value is -4.27. The molecule has 9 heteroatoms. The Labute approximate surface area is 169 Å². The predicted octanol–water partition coefficient (Wildman–Crippen LogP) is 3.85. The fourth-order valence-corrected chi connectivity index (χ4v) is 3.29. The van der Waals surface area contributed by atoms with Crippen molar-refractivity contribution in [3.05, 3.63) is 82.4 Å². The molecule has 2 aromatic carbocycles. The number of methoxy groups -OCH3 is 1. The minimum Gasteiger partial charge on any atom is -0.497 e. The molecule has 0 bridgehead atoms. The summed E-state index contributed by atoms with van der Waals surface area (Å²) in [5.41, 5.74) is 6.63. The zero-order valence-corrected chi connectivity index (χ0v) is 15.7. The Morgan fingerprint density at radius 2 is 1.97 bits per heavy atom. The van der Waals surface area contributed by atoms with Crippen LogP contribution in [-0.4, -0.2) is 27.5 Å². The van der Waals surface area contributed by atoms with Gasteiger partial charge < -0.3 is 10.5 Å². The molecule has 30 heavy (non-hydrogen) atoms. The molecule has 2 aromatic heterocycles. The second-order valence-electron chi connectivity index (χ2n) is 6.48. The summed E-state index contributed by atoms with van der Waals surface area (Å²) in [7, 11) is 1.48. The maximum absolute atomic E-state index is 14.4. The summed E-state index contributed by atoms with van der Waals surface area (Å²) in [5.74, 6) is -0.451. The predicted molar refractivity (Wildman–Crippen MR) is 108 cm³/mol. The van der Waals surface area contributed by atoms with E-state index in [2.05, 4.69) is 4.98 Å². The Morgan fingerprint density at radius 3 is 2.67 bits per heavy atom. The number of rotatable bonds is 5. The molecule has 0 atom stereocenters. The van der Waals surface area contributed by atoms with Gasteiger partial charge in [-0.05, 0) is 48.0 Å². The molecule has 150 valence electrons. The second kappa shape index (κ2) is 7.28. The van der Waals surface area contributed by atoms with Gasteiger partial charge in [-0.15, -0.1) is 0 Å². The molecule has 8 nitrogen and oxygen atoms in total. The Morgan fingerprint density at radius 1 is 1.17 bits per heavy atom. The summed E-state index contributed by atoms with van der Waals surface area (Å²) in [6, 6.07) is 13.3. The van der Waals surface area contributed by atoms with Crippen LogP contribution in [-0.2, 0) is 0 Å². The van der Waals surface area contributed by atoms with Crippen LogP contribution in [0, 0.1) is 15.9 Å². The van der Waals surface area contributed by atoms with Crippen molar-refractivity contribution < 1.29 is 18.8 Å². The van der Waals surface area contributed by atoms with E-state index >= 15 is 0 Å². The molecular weight excluding hydrogens is 391 g/mol. The highest BCUT2D eigenvalue weighted by Gasteiger charge is 2.19. The number of aromatic nitrogens is 2. The van der Waals surface area contributed by atoms with E-state index in [1.165, 1.54) is 54.3 Å². The largest absolute Gasteiger partial charge is 0.497 e. The molecule has 1 amide bonds. The van der Waals surface area contributed by atoms with Gasteiger partial charge in [0, 0.05) is 29.3 Å². The van der Waals surface area contributed by atoms with Gasteiger partial charge in [0.05, 0.1) is 17.5 Å². The Balaban J connectivity index is 1.96. The van der Waals surface area contributed by atoms with Gasteiger partial charge in [-0.25, -0.2) is 9.37 Å². The highest BCUT2D eigenvalue weighted by atomic mass is 19.1. The first-order valence-electron chi connectivity index (χ1n) is 8.79. The first-order valence-corrected chi connectivity index (χ1v) is 8.79. The number of primary amides is 1. The molecule has 0 saturated heterocycles. The van der Waals surface area contributed by atoms with Gasteiger partial charge in [-0.3, -0.25) is 19.5 Å². The molecule has 4 rings (SSSR count). The molecule has 0 aliphatic carbocycles. The number of hydrogen-bond donors (Lipinski definition) is 1. The summed E-state index contributed by atoms with van der Waals surface area (Å²) >= 11 is 0. The quantitative estimate of drug-likeness (QED) is 0.399. The molecule has 4 aromatic rings. The summed E-state index contributed by atoms with van der Waals surface area (Å²) in [6.07, 6.45) is 1.46. The lowest BCUT2D eigenvalue weighted by Gasteiger charge is -2.11. The zero-order valence-electron chi connectivity index (χ0n) is 15.7. The van der Waals surface area contributed by atoms with Gasteiger partial charge in [0.25, 0.3) is 11.6 Å². The summed E-state index contributed by atoms with van der Waals surface area (Å²) in [4.78, 5) is 27.0. The number of nitrogens with two attached hydrogens (primary N) is 1. The SMILES string of the molecule is COc1ccc(F)c(-c2ccnc(-n3c(C(N)=O)cc4ccc([N+](=O)[O-])cc43)c2)c1. The van der Waals surface area contributed by atoms with Crippen LogP contribution in [0.25, 0.3) is 27.8 Å². The van der Waals surface area contributed by atoms with Crippen LogP contribution >= 0.6 is 0 Å². The third-order valence-corrected chi connectivity index (χ3v) is 4.71. The maximum Gasteiger partial charge on any atom is 0.271 e. The number of nitro benzene ring substituents is 1. The van der Waals surface area contributed by atoms with E-state index in [1.54, 1.807) is 18.2 Å². The number of ether oxygens (including phenoxy) is 1. The average Bonchev–Trinajstić information content (AvgIpc) is 3.13. The fourth-order valence-electron chi connectivity index (χ4n) is 3.29. The van der Waals surface area contributed by atoms with Crippen molar-refractivity contribution in [2.45, 2.75) is 0 Å². The Kier molecular flexibility index (Phi) is 4.63. The van der Waals surface area contributed by atoms with Crippen molar-refractivity contribution in [2.75, 3.05) is 7.11 Å². The van der Waals surface area contributed by atoms with Gasteiger partial charge in [-0.2, -0.15) is 0 Å². The third-order valence-electron chi connectivity index (χ3n) is 4.71. The molecule has 2 heterocycles. The first-order chi connectivity index (χ1) is 14.4. The fraction of sp³-hybridized carbons (Fsp3) is 0.0476. The number of carbonyl (C=O) groups excluding carboxylic acids is 1. The van der Waals surface area contributed by atoms with Crippen LogP contribution in [0.5, 0.6) is 5.75 Å². The van der Waals surface area contributed by atoms with Crippen LogP contribution in [0.15, 0.2) is 60.8 Å². The lowest BCUT2D eigenvalue weighted by Crippen LogP contribution is -2.16. The monoisotopic (exact) mass is 406 g/mol. The van der Waals surface area contributed by atoms with E-state index < -0.39 is 16.6 Å². The van der Waals surface area contributed by atoms with Crippen molar-refractivity contribution in [1.29, 1.82) is 0 Å². The molecule has 0 spiro atoms. The van der Waals surface area contributed by atoms with Crippen molar-refractivity contribution in [2.24, 2.45) is 5.73 Å². The van der Waals surface area contributed by atoms with E-state index in [0.29, 0.717) is 22.2 Å². The number of fused-ring (bicyclic) bond motifs is 1. The highest BCUT2D eigenvalue weighted by molar-refractivity contribution is 5.99. The number of carbonyl (C=O) groups is 1. The molecule has 0 radical (unpaired) electrons. The summed E-state index contributed by atoms with van der Waals surface area (Å²) in [5, 5.41) is 11.8. The minimum atomic E-state index is -0.728. The third kappa shape index (κ3) is 3.22. The lowest BCUT2D eigenvalue weighted by molar-refractivity contribution is -0.384. The van der Waals surface area contributed by atoms with Crippen LogP contribution in [0.3, 0.4) is 0 Å². The Bertz CT molecular complexity index is 1320. The molecule has 0 fully saturated rings. The van der Waals surface area contributed by atoms with Crippen molar-refractivity contribution in [1.82, 2.24) is 9.55 Å². The maximum atomic E-state index is 14.4. The zero-order chi connectivity index (χ0) is 21.4. The van der Waals surface area contributed by atoms with Crippen LogP contribution in [0.4, 0.5) is 10.1 Å². The standard InChI is InChI=1S/C21H15FN4O4/c1-30-15-4-5-17(22)16(11-15)12-6-7-24-20(9-12)25-18-10-14(26(28)29)3-2-13(18)8-19(25)21(23)27/h2-11H,1H3,(H2,23,27). The van der Waals surface area contributed by atoms with E-state index in [9.17, 15) is 19.3 Å². The van der Waals surface area contributed by atoms with Gasteiger partial charge in [0.15, 0.2) is 0 Å².